The van der Waals surface area contributed by atoms with E-state index in [9.17, 15) is 9.59 Å². The number of anilines is 1. The molecule has 0 fully saturated rings. The molecule has 2 aromatic carbocycles. The molecule has 0 aliphatic carbocycles. The van der Waals surface area contributed by atoms with Crippen LogP contribution in [-0.4, -0.2) is 30.7 Å². The minimum Gasteiger partial charge on any atom is -0.490 e. The van der Waals surface area contributed by atoms with Crippen molar-refractivity contribution >= 4 is 29.1 Å². The molecule has 0 saturated heterocycles. The van der Waals surface area contributed by atoms with Crippen LogP contribution in [0, 0.1) is 0 Å². The van der Waals surface area contributed by atoms with Gasteiger partial charge in [-0.25, -0.2) is 0 Å². The van der Waals surface area contributed by atoms with Crippen LogP contribution in [0.25, 0.3) is 0 Å². The number of carbonyl (C=O) groups is 2. The maximum atomic E-state index is 12.4. The fourth-order valence-corrected chi connectivity index (χ4v) is 3.27. The maximum absolute atomic E-state index is 12.4. The Kier molecular flexibility index (Phi) is 6.17. The number of hydrogen-bond donors (Lipinski definition) is 1. The molecule has 5 nitrogen and oxygen atoms in total. The SMILES string of the molecule is CCC(=O)Nc1ccc(C(=O)CSc2ccc3c(c2)OCCCO3)cc1. The van der Waals surface area contributed by atoms with Crippen LogP contribution in [-0.2, 0) is 4.79 Å². The standard InChI is InChI=1S/C20H21NO4S/c1-2-20(23)21-15-6-4-14(5-7-15)17(22)13-26-16-8-9-18-19(12-16)25-11-3-10-24-18/h4-9,12H,2-3,10-11,13H2,1H3,(H,21,23). The molecule has 2 aromatic rings. The topological polar surface area (TPSA) is 64.6 Å². The lowest BCUT2D eigenvalue weighted by Gasteiger charge is -2.09. The molecule has 0 saturated carbocycles. The van der Waals surface area contributed by atoms with Crippen molar-refractivity contribution in [2.24, 2.45) is 0 Å². The number of amides is 1. The van der Waals surface area contributed by atoms with E-state index >= 15 is 0 Å². The zero-order valence-electron chi connectivity index (χ0n) is 14.6. The number of fused-ring (bicyclic) bond motifs is 1. The summed E-state index contributed by atoms with van der Waals surface area (Å²) in [6.45, 7) is 3.09. The lowest BCUT2D eigenvalue weighted by atomic mass is 10.1. The van der Waals surface area contributed by atoms with E-state index in [0.29, 0.717) is 36.6 Å². The molecule has 1 aliphatic rings. The second-order valence-corrected chi connectivity index (χ2v) is 6.90. The summed E-state index contributed by atoms with van der Waals surface area (Å²) in [7, 11) is 0. The fraction of sp³-hybridized carbons (Fsp3) is 0.300. The highest BCUT2D eigenvalue weighted by atomic mass is 32.2. The van der Waals surface area contributed by atoms with Crippen LogP contribution in [0.5, 0.6) is 11.5 Å². The summed E-state index contributed by atoms with van der Waals surface area (Å²) in [5.41, 5.74) is 1.32. The van der Waals surface area contributed by atoms with Gasteiger partial charge in [-0.15, -0.1) is 11.8 Å². The number of ether oxygens (including phenoxy) is 2. The molecular formula is C20H21NO4S. The van der Waals surface area contributed by atoms with Gasteiger partial charge in [-0.3, -0.25) is 9.59 Å². The van der Waals surface area contributed by atoms with Gasteiger partial charge >= 0.3 is 0 Å². The Hall–Kier alpha value is -2.47. The Morgan fingerprint density at radius 2 is 1.77 bits per heavy atom. The van der Waals surface area contributed by atoms with Crippen molar-refractivity contribution in [1.29, 1.82) is 0 Å². The number of Topliss-reactive ketones (excluding diaryl/α,β-unsaturated/α-hetero) is 1. The highest BCUT2D eigenvalue weighted by molar-refractivity contribution is 8.00. The van der Waals surface area contributed by atoms with Crippen molar-refractivity contribution in [2.45, 2.75) is 24.7 Å². The van der Waals surface area contributed by atoms with Crippen LogP contribution in [0.4, 0.5) is 5.69 Å². The zero-order chi connectivity index (χ0) is 18.4. The largest absolute Gasteiger partial charge is 0.490 e. The number of nitrogens with one attached hydrogen (secondary N) is 1. The van der Waals surface area contributed by atoms with Crippen molar-refractivity contribution in [3.8, 4) is 11.5 Å². The predicted molar refractivity (Wildman–Crippen MR) is 102 cm³/mol. The summed E-state index contributed by atoms with van der Waals surface area (Å²) < 4.78 is 11.3. The van der Waals surface area contributed by atoms with Crippen molar-refractivity contribution in [2.75, 3.05) is 24.3 Å². The molecule has 0 aromatic heterocycles. The van der Waals surface area contributed by atoms with Gasteiger partial charge in [0.25, 0.3) is 0 Å². The molecule has 3 rings (SSSR count). The first kappa shape index (κ1) is 18.3. The van der Waals surface area contributed by atoms with Gasteiger partial charge in [0.2, 0.25) is 5.91 Å². The van der Waals surface area contributed by atoms with Crippen LogP contribution in [0.15, 0.2) is 47.4 Å². The lowest BCUT2D eigenvalue weighted by molar-refractivity contribution is -0.115. The van der Waals surface area contributed by atoms with Gasteiger partial charge in [0.05, 0.1) is 19.0 Å². The second kappa shape index (κ2) is 8.76. The first-order chi connectivity index (χ1) is 12.7. The Morgan fingerprint density at radius 3 is 2.50 bits per heavy atom. The third-order valence-corrected chi connectivity index (χ3v) is 4.89. The van der Waals surface area contributed by atoms with E-state index in [-0.39, 0.29) is 11.7 Å². The Morgan fingerprint density at radius 1 is 1.04 bits per heavy atom. The fourth-order valence-electron chi connectivity index (χ4n) is 2.45. The normalized spacial score (nSPS) is 13.0. The van der Waals surface area contributed by atoms with E-state index in [1.54, 1.807) is 31.2 Å². The number of ketones is 1. The van der Waals surface area contributed by atoms with Gasteiger partial charge in [0.15, 0.2) is 17.3 Å². The van der Waals surface area contributed by atoms with E-state index in [2.05, 4.69) is 5.32 Å². The molecule has 6 heteroatoms. The molecule has 1 aliphatic heterocycles. The summed E-state index contributed by atoms with van der Waals surface area (Å²) in [4.78, 5) is 24.7. The third kappa shape index (κ3) is 4.79. The van der Waals surface area contributed by atoms with E-state index in [1.807, 2.05) is 18.2 Å². The van der Waals surface area contributed by atoms with E-state index in [1.165, 1.54) is 11.8 Å². The summed E-state index contributed by atoms with van der Waals surface area (Å²) in [5.74, 6) is 1.81. The number of carbonyl (C=O) groups excluding carboxylic acids is 2. The number of hydrogen-bond acceptors (Lipinski definition) is 5. The third-order valence-electron chi connectivity index (χ3n) is 3.90. The summed E-state index contributed by atoms with van der Waals surface area (Å²) in [6.07, 6.45) is 1.29. The molecule has 1 N–H and O–H groups in total. The van der Waals surface area contributed by atoms with Crippen molar-refractivity contribution in [3.05, 3.63) is 48.0 Å². The van der Waals surface area contributed by atoms with Crippen LogP contribution in [0.2, 0.25) is 0 Å². The van der Waals surface area contributed by atoms with Gasteiger partial charge in [-0.2, -0.15) is 0 Å². The van der Waals surface area contributed by atoms with Crippen LogP contribution >= 0.6 is 11.8 Å². The summed E-state index contributed by atoms with van der Waals surface area (Å²) >= 11 is 1.47. The molecule has 0 spiro atoms. The molecule has 0 bridgehead atoms. The van der Waals surface area contributed by atoms with Gasteiger partial charge in [-0.05, 0) is 42.5 Å². The van der Waals surface area contributed by atoms with E-state index < -0.39 is 0 Å². The quantitative estimate of drug-likeness (QED) is 0.610. The average Bonchev–Trinajstić information content (AvgIpc) is 2.91. The highest BCUT2D eigenvalue weighted by Crippen LogP contribution is 2.34. The number of benzene rings is 2. The monoisotopic (exact) mass is 371 g/mol. The molecule has 1 heterocycles. The maximum Gasteiger partial charge on any atom is 0.224 e. The van der Waals surface area contributed by atoms with Crippen LogP contribution < -0.4 is 14.8 Å². The molecule has 1 amide bonds. The zero-order valence-corrected chi connectivity index (χ0v) is 15.4. The molecule has 0 radical (unpaired) electrons. The first-order valence-electron chi connectivity index (χ1n) is 8.61. The number of thioether (sulfide) groups is 1. The van der Waals surface area contributed by atoms with E-state index in [0.717, 1.165) is 22.8 Å². The van der Waals surface area contributed by atoms with Gasteiger partial charge in [-0.1, -0.05) is 6.92 Å². The average molecular weight is 371 g/mol. The van der Waals surface area contributed by atoms with E-state index in [4.69, 9.17) is 9.47 Å². The molecule has 0 unspecified atom stereocenters. The molecule has 26 heavy (non-hydrogen) atoms. The highest BCUT2D eigenvalue weighted by Gasteiger charge is 2.12. The first-order valence-corrected chi connectivity index (χ1v) is 9.60. The van der Waals surface area contributed by atoms with Gasteiger partial charge in [0, 0.05) is 29.0 Å². The van der Waals surface area contributed by atoms with Gasteiger partial charge in [0.1, 0.15) is 0 Å². The Bertz CT molecular complexity index is 789. The Balaban J connectivity index is 1.58. The van der Waals surface area contributed by atoms with Crippen molar-refractivity contribution in [3.63, 3.8) is 0 Å². The van der Waals surface area contributed by atoms with Crippen LogP contribution in [0.1, 0.15) is 30.1 Å². The molecule has 136 valence electrons. The number of rotatable bonds is 6. The summed E-state index contributed by atoms with van der Waals surface area (Å²) in [6, 6.07) is 12.7. The smallest absolute Gasteiger partial charge is 0.224 e. The summed E-state index contributed by atoms with van der Waals surface area (Å²) in [5, 5.41) is 2.77. The minimum atomic E-state index is -0.0472. The van der Waals surface area contributed by atoms with Crippen molar-refractivity contribution in [1.82, 2.24) is 0 Å². The minimum absolute atomic E-state index is 0.0375. The predicted octanol–water partition coefficient (Wildman–Crippen LogP) is 4.17. The van der Waals surface area contributed by atoms with Crippen LogP contribution in [0.3, 0.4) is 0 Å². The van der Waals surface area contributed by atoms with Crippen molar-refractivity contribution < 1.29 is 19.1 Å². The van der Waals surface area contributed by atoms with Gasteiger partial charge < -0.3 is 14.8 Å². The Labute approximate surface area is 157 Å². The molecular weight excluding hydrogens is 350 g/mol. The molecule has 0 atom stereocenters. The second-order valence-electron chi connectivity index (χ2n) is 5.85. The lowest BCUT2D eigenvalue weighted by Crippen LogP contribution is -2.09.